The van der Waals surface area contributed by atoms with Crippen LogP contribution in [0.2, 0.25) is 0 Å². The Balaban J connectivity index is 1.59. The van der Waals surface area contributed by atoms with Crippen LogP contribution in [0.5, 0.6) is 11.5 Å². The molecule has 1 atom stereocenters. The standard InChI is InChI=1S/C33H30N2O5S/c1-4-38-32(37)28-29(23-8-6-5-7-9-23)34-33-35(30(28)24-13-11-22(12-14-24)20(2)3)31(36)27(41-33)19-21-10-15-25-26(18-21)40-17-16-39-25/h5-15,18-20,30H,4,16-17H2,1-3H3/b27-19-/t30-/m1/s1. The average Bonchev–Trinajstić information content (AvgIpc) is 3.31. The van der Waals surface area contributed by atoms with E-state index in [9.17, 15) is 9.59 Å². The summed E-state index contributed by atoms with van der Waals surface area (Å²) in [5.74, 6) is 1.19. The smallest absolute Gasteiger partial charge is 0.338 e. The zero-order valence-electron chi connectivity index (χ0n) is 23.1. The fraction of sp³-hybridized carbons (Fsp3) is 0.242. The second-order valence-corrected chi connectivity index (χ2v) is 11.2. The minimum absolute atomic E-state index is 0.206. The van der Waals surface area contributed by atoms with E-state index in [2.05, 4.69) is 26.0 Å². The van der Waals surface area contributed by atoms with Gasteiger partial charge in [-0.3, -0.25) is 9.36 Å². The van der Waals surface area contributed by atoms with Gasteiger partial charge < -0.3 is 14.2 Å². The second-order valence-electron chi connectivity index (χ2n) is 10.2. The monoisotopic (exact) mass is 566 g/mol. The first-order chi connectivity index (χ1) is 19.9. The normalized spacial score (nSPS) is 16.4. The lowest BCUT2D eigenvalue weighted by Crippen LogP contribution is -2.40. The van der Waals surface area contributed by atoms with Gasteiger partial charge in [-0.15, -0.1) is 0 Å². The highest BCUT2D eigenvalue weighted by Gasteiger charge is 2.35. The summed E-state index contributed by atoms with van der Waals surface area (Å²) < 4.78 is 19.1. The number of thiazole rings is 1. The van der Waals surface area contributed by atoms with Gasteiger partial charge in [0.15, 0.2) is 16.3 Å². The molecule has 208 valence electrons. The molecule has 0 bridgehead atoms. The van der Waals surface area contributed by atoms with Gasteiger partial charge in [0, 0.05) is 5.56 Å². The van der Waals surface area contributed by atoms with Gasteiger partial charge in [0.2, 0.25) is 0 Å². The number of benzene rings is 3. The first-order valence-corrected chi connectivity index (χ1v) is 14.5. The summed E-state index contributed by atoms with van der Waals surface area (Å²) in [5, 5.41) is 0. The molecule has 0 fully saturated rings. The molecule has 0 N–H and O–H groups in total. The molecule has 0 aliphatic carbocycles. The molecule has 0 spiro atoms. The quantitative estimate of drug-likeness (QED) is 0.313. The number of aromatic nitrogens is 1. The summed E-state index contributed by atoms with van der Waals surface area (Å²) in [6.07, 6.45) is 1.83. The van der Waals surface area contributed by atoms with Crippen LogP contribution >= 0.6 is 11.3 Å². The van der Waals surface area contributed by atoms with E-state index in [1.165, 1.54) is 16.9 Å². The van der Waals surface area contributed by atoms with Crippen LogP contribution in [0.1, 0.15) is 55.0 Å². The molecule has 2 aliphatic rings. The molecule has 7 nitrogen and oxygen atoms in total. The van der Waals surface area contributed by atoms with Crippen molar-refractivity contribution in [3.05, 3.63) is 120 Å². The molecule has 41 heavy (non-hydrogen) atoms. The van der Waals surface area contributed by atoms with Gasteiger partial charge in [-0.1, -0.05) is 85.8 Å². The van der Waals surface area contributed by atoms with Gasteiger partial charge in [0.05, 0.1) is 28.5 Å². The number of hydrogen-bond donors (Lipinski definition) is 0. The molecule has 3 aromatic carbocycles. The lowest BCUT2D eigenvalue weighted by Gasteiger charge is -2.26. The third-order valence-electron chi connectivity index (χ3n) is 7.16. The third-order valence-corrected chi connectivity index (χ3v) is 8.14. The van der Waals surface area contributed by atoms with Crippen LogP contribution in [0, 0.1) is 0 Å². The average molecular weight is 567 g/mol. The number of carbonyl (C=O) groups is 1. The van der Waals surface area contributed by atoms with Crippen molar-refractivity contribution >= 4 is 29.1 Å². The molecule has 8 heteroatoms. The fourth-order valence-electron chi connectivity index (χ4n) is 5.12. The maximum atomic E-state index is 14.1. The number of esters is 1. The number of rotatable bonds is 6. The lowest BCUT2D eigenvalue weighted by molar-refractivity contribution is -0.138. The number of ether oxygens (including phenoxy) is 3. The van der Waals surface area contributed by atoms with Gasteiger partial charge in [-0.2, -0.15) is 0 Å². The van der Waals surface area contributed by atoms with Crippen molar-refractivity contribution in [2.45, 2.75) is 32.7 Å². The van der Waals surface area contributed by atoms with E-state index in [-0.39, 0.29) is 12.2 Å². The van der Waals surface area contributed by atoms with Gasteiger partial charge >= 0.3 is 5.97 Å². The molecule has 3 heterocycles. The molecular formula is C33H30N2O5S. The van der Waals surface area contributed by atoms with Crippen LogP contribution in [-0.2, 0) is 9.53 Å². The van der Waals surface area contributed by atoms with Crippen LogP contribution in [0.4, 0.5) is 0 Å². The molecule has 0 radical (unpaired) electrons. The van der Waals surface area contributed by atoms with Crippen LogP contribution < -0.4 is 24.4 Å². The number of nitrogens with zero attached hydrogens (tertiary/aromatic N) is 2. The summed E-state index contributed by atoms with van der Waals surface area (Å²) in [5.41, 5.74) is 4.20. The van der Waals surface area contributed by atoms with Gasteiger partial charge in [-0.25, -0.2) is 9.79 Å². The maximum absolute atomic E-state index is 14.1. The predicted octanol–water partition coefficient (Wildman–Crippen LogP) is 4.83. The van der Waals surface area contributed by atoms with E-state index in [4.69, 9.17) is 19.2 Å². The topological polar surface area (TPSA) is 79.1 Å². The van der Waals surface area contributed by atoms with Crippen LogP contribution in [0.15, 0.2) is 88.2 Å². The predicted molar refractivity (Wildman–Crippen MR) is 159 cm³/mol. The SMILES string of the molecule is CCOC(=O)C1=C(c2ccccc2)N=c2s/c(=C\c3ccc4c(c3)OCCO4)c(=O)n2[C@@H]1c1ccc(C(C)C)cc1. The molecule has 0 saturated carbocycles. The Hall–Kier alpha value is -4.43. The minimum atomic E-state index is -0.705. The summed E-state index contributed by atoms with van der Waals surface area (Å²) >= 11 is 1.30. The van der Waals surface area contributed by atoms with Crippen molar-refractivity contribution in [3.8, 4) is 11.5 Å². The Kier molecular flexibility index (Phi) is 7.32. The molecule has 0 amide bonds. The Labute approximate surface area is 241 Å². The Morgan fingerprint density at radius 3 is 2.49 bits per heavy atom. The summed E-state index contributed by atoms with van der Waals surface area (Å²) in [6.45, 7) is 7.23. The van der Waals surface area contributed by atoms with E-state index < -0.39 is 12.0 Å². The van der Waals surface area contributed by atoms with Crippen molar-refractivity contribution < 1.29 is 19.0 Å². The Morgan fingerprint density at radius 2 is 1.78 bits per heavy atom. The van der Waals surface area contributed by atoms with E-state index in [1.54, 1.807) is 11.5 Å². The van der Waals surface area contributed by atoms with Gasteiger partial charge in [0.1, 0.15) is 13.2 Å². The summed E-state index contributed by atoms with van der Waals surface area (Å²) in [6, 6.07) is 22.6. The molecule has 1 aromatic heterocycles. The molecule has 4 aromatic rings. The van der Waals surface area contributed by atoms with Crippen molar-refractivity contribution in [1.29, 1.82) is 0 Å². The third kappa shape index (κ3) is 5.11. The zero-order chi connectivity index (χ0) is 28.5. The molecule has 6 rings (SSSR count). The van der Waals surface area contributed by atoms with Crippen molar-refractivity contribution in [2.75, 3.05) is 19.8 Å². The molecule has 2 aliphatic heterocycles. The van der Waals surface area contributed by atoms with E-state index in [1.807, 2.05) is 66.7 Å². The van der Waals surface area contributed by atoms with Gasteiger partial charge in [0.25, 0.3) is 5.56 Å². The van der Waals surface area contributed by atoms with Crippen molar-refractivity contribution in [3.63, 3.8) is 0 Å². The van der Waals surface area contributed by atoms with Crippen molar-refractivity contribution in [2.24, 2.45) is 4.99 Å². The largest absolute Gasteiger partial charge is 0.486 e. The highest BCUT2D eigenvalue weighted by atomic mass is 32.1. The van der Waals surface area contributed by atoms with Crippen LogP contribution in [0.3, 0.4) is 0 Å². The first-order valence-electron chi connectivity index (χ1n) is 13.7. The zero-order valence-corrected chi connectivity index (χ0v) is 23.9. The minimum Gasteiger partial charge on any atom is -0.486 e. The second kappa shape index (κ2) is 11.2. The Morgan fingerprint density at radius 1 is 1.05 bits per heavy atom. The maximum Gasteiger partial charge on any atom is 0.338 e. The number of carbonyl (C=O) groups excluding carboxylic acids is 1. The van der Waals surface area contributed by atoms with Gasteiger partial charge in [-0.05, 0) is 47.7 Å². The van der Waals surface area contributed by atoms with Crippen LogP contribution in [-0.4, -0.2) is 30.4 Å². The highest BCUT2D eigenvalue weighted by molar-refractivity contribution is 7.07. The summed E-state index contributed by atoms with van der Waals surface area (Å²) in [7, 11) is 0. The highest BCUT2D eigenvalue weighted by Crippen LogP contribution is 2.36. The Bertz CT molecular complexity index is 1820. The fourth-order valence-corrected chi connectivity index (χ4v) is 6.12. The number of hydrogen-bond acceptors (Lipinski definition) is 7. The van der Waals surface area contributed by atoms with E-state index in [0.29, 0.717) is 51.2 Å². The van der Waals surface area contributed by atoms with Crippen molar-refractivity contribution in [1.82, 2.24) is 4.57 Å². The molecule has 0 saturated heterocycles. The summed E-state index contributed by atoms with van der Waals surface area (Å²) in [4.78, 5) is 33.1. The molecular weight excluding hydrogens is 536 g/mol. The number of fused-ring (bicyclic) bond motifs is 2. The van der Waals surface area contributed by atoms with E-state index in [0.717, 1.165) is 16.7 Å². The van der Waals surface area contributed by atoms with Crippen LogP contribution in [0.25, 0.3) is 11.8 Å². The molecule has 0 unspecified atom stereocenters. The lowest BCUT2D eigenvalue weighted by atomic mass is 9.91. The first kappa shape index (κ1) is 26.8. The van der Waals surface area contributed by atoms with E-state index >= 15 is 0 Å².